The third-order valence-corrected chi connectivity index (χ3v) is 6.35. The number of aliphatic carboxylic acids is 1. The molecule has 23 heavy (non-hydrogen) atoms. The van der Waals surface area contributed by atoms with Crippen LogP contribution in [0.1, 0.15) is 40.1 Å². The van der Waals surface area contributed by atoms with E-state index in [0.717, 1.165) is 29.7 Å². The first kappa shape index (κ1) is 16.0. The number of fused-ring (bicyclic) bond motifs is 2. The van der Waals surface area contributed by atoms with Gasteiger partial charge in [0.15, 0.2) is 0 Å². The monoisotopic (exact) mass is 336 g/mol. The zero-order chi connectivity index (χ0) is 16.7. The molecule has 0 aliphatic heterocycles. The Hall–Kier alpha value is -1.89. The highest BCUT2D eigenvalue weighted by Crippen LogP contribution is 2.52. The number of nitrogens with one attached hydrogen (secondary N) is 2. The van der Waals surface area contributed by atoms with Gasteiger partial charge in [0.2, 0.25) is 5.91 Å². The van der Waals surface area contributed by atoms with E-state index in [1.807, 2.05) is 13.8 Å². The minimum Gasteiger partial charge on any atom is -0.481 e. The Bertz CT molecular complexity index is 669. The van der Waals surface area contributed by atoms with Crippen molar-refractivity contribution < 1.29 is 19.5 Å². The lowest BCUT2D eigenvalue weighted by molar-refractivity contribution is -0.149. The molecule has 6 nitrogen and oxygen atoms in total. The highest BCUT2D eigenvalue weighted by Gasteiger charge is 2.54. The average Bonchev–Trinajstić information content (AvgIpc) is 3.20. The number of carbonyl (C=O) groups is 3. The maximum Gasteiger partial charge on any atom is 0.307 e. The third-order valence-electron chi connectivity index (χ3n) is 5.33. The highest BCUT2D eigenvalue weighted by molar-refractivity contribution is 7.10. The van der Waals surface area contributed by atoms with E-state index in [1.54, 1.807) is 5.38 Å². The van der Waals surface area contributed by atoms with Gasteiger partial charge in [0.05, 0.1) is 17.4 Å². The average molecular weight is 336 g/mol. The summed E-state index contributed by atoms with van der Waals surface area (Å²) in [4.78, 5) is 37.0. The molecular formula is C16H20N2O4S. The molecule has 2 aliphatic carbocycles. The molecular weight excluding hydrogens is 316 g/mol. The normalized spacial score (nSPS) is 28.6. The predicted octanol–water partition coefficient (Wildman–Crippen LogP) is 1.87. The van der Waals surface area contributed by atoms with Crippen LogP contribution in [0.25, 0.3) is 0 Å². The maximum absolute atomic E-state index is 12.4. The molecule has 0 saturated heterocycles. The van der Waals surface area contributed by atoms with Crippen molar-refractivity contribution in [2.75, 3.05) is 0 Å². The summed E-state index contributed by atoms with van der Waals surface area (Å²) in [7, 11) is 0. The van der Waals surface area contributed by atoms with Crippen molar-refractivity contribution in [1.82, 2.24) is 10.9 Å². The van der Waals surface area contributed by atoms with Gasteiger partial charge < -0.3 is 5.11 Å². The van der Waals surface area contributed by atoms with Crippen LogP contribution < -0.4 is 10.9 Å². The van der Waals surface area contributed by atoms with Crippen LogP contribution in [-0.4, -0.2) is 22.9 Å². The fourth-order valence-electron chi connectivity index (χ4n) is 4.03. The first-order valence-corrected chi connectivity index (χ1v) is 8.65. The van der Waals surface area contributed by atoms with E-state index in [4.69, 9.17) is 0 Å². The molecule has 2 bridgehead atoms. The van der Waals surface area contributed by atoms with Crippen LogP contribution in [0.3, 0.4) is 0 Å². The zero-order valence-electron chi connectivity index (χ0n) is 13.1. The van der Waals surface area contributed by atoms with Crippen LogP contribution in [0.4, 0.5) is 0 Å². The molecule has 124 valence electrons. The van der Waals surface area contributed by atoms with Crippen LogP contribution in [0, 0.1) is 37.5 Å². The molecule has 2 fully saturated rings. The van der Waals surface area contributed by atoms with Crippen molar-refractivity contribution in [2.45, 2.75) is 33.1 Å². The number of carboxylic acids is 1. The van der Waals surface area contributed by atoms with Crippen LogP contribution in [0.2, 0.25) is 0 Å². The van der Waals surface area contributed by atoms with Crippen molar-refractivity contribution >= 4 is 29.1 Å². The van der Waals surface area contributed by atoms with E-state index in [2.05, 4.69) is 10.9 Å². The minimum absolute atomic E-state index is 0.0886. The van der Waals surface area contributed by atoms with Crippen molar-refractivity contribution in [1.29, 1.82) is 0 Å². The second-order valence-corrected chi connectivity index (χ2v) is 7.58. The number of amides is 2. The van der Waals surface area contributed by atoms with Crippen LogP contribution in [0.15, 0.2) is 5.38 Å². The molecule has 3 rings (SSSR count). The number of hydrogen-bond donors (Lipinski definition) is 3. The highest BCUT2D eigenvalue weighted by atomic mass is 32.1. The van der Waals surface area contributed by atoms with Gasteiger partial charge in [-0.1, -0.05) is 0 Å². The summed E-state index contributed by atoms with van der Waals surface area (Å²) < 4.78 is 0. The second kappa shape index (κ2) is 5.96. The van der Waals surface area contributed by atoms with Gasteiger partial charge in [-0.05, 0) is 50.5 Å². The molecule has 4 unspecified atom stereocenters. The van der Waals surface area contributed by atoms with Gasteiger partial charge in [-0.15, -0.1) is 11.3 Å². The van der Waals surface area contributed by atoms with Gasteiger partial charge in [-0.2, -0.15) is 0 Å². The Morgan fingerprint density at radius 1 is 1.13 bits per heavy atom. The largest absolute Gasteiger partial charge is 0.481 e. The van der Waals surface area contributed by atoms with E-state index < -0.39 is 17.8 Å². The van der Waals surface area contributed by atoms with Crippen molar-refractivity contribution in [2.24, 2.45) is 23.7 Å². The van der Waals surface area contributed by atoms with Gasteiger partial charge >= 0.3 is 5.97 Å². The molecule has 1 aromatic heterocycles. The van der Waals surface area contributed by atoms with E-state index in [-0.39, 0.29) is 23.7 Å². The van der Waals surface area contributed by atoms with Gasteiger partial charge in [-0.25, -0.2) is 0 Å². The van der Waals surface area contributed by atoms with Crippen molar-refractivity contribution in [3.05, 3.63) is 21.4 Å². The summed E-state index contributed by atoms with van der Waals surface area (Å²) in [5, 5.41) is 11.1. The lowest BCUT2D eigenvalue weighted by Crippen LogP contribution is -2.48. The number of rotatable bonds is 3. The summed E-state index contributed by atoms with van der Waals surface area (Å²) in [6.07, 6.45) is 2.57. The summed E-state index contributed by atoms with van der Waals surface area (Å²) in [5.41, 5.74) is 6.29. The molecule has 1 heterocycles. The molecule has 7 heteroatoms. The van der Waals surface area contributed by atoms with Crippen LogP contribution >= 0.6 is 11.3 Å². The smallest absolute Gasteiger partial charge is 0.307 e. The quantitative estimate of drug-likeness (QED) is 0.734. The summed E-state index contributed by atoms with van der Waals surface area (Å²) in [5.74, 6) is -2.63. The van der Waals surface area contributed by atoms with E-state index in [1.165, 1.54) is 11.3 Å². The van der Waals surface area contributed by atoms with Crippen LogP contribution in [-0.2, 0) is 9.59 Å². The topological polar surface area (TPSA) is 95.5 Å². The Balaban J connectivity index is 1.64. The predicted molar refractivity (Wildman–Crippen MR) is 84.8 cm³/mol. The standard InChI is InChI=1S/C16H20N2O4S/c1-7-8(2)23-6-11(7)14(19)17-18-15(20)12-9-3-4-10(5-9)13(12)16(21)22/h6,9-10,12-13H,3-5H2,1-2H3,(H,17,19)(H,18,20)(H,21,22). The van der Waals surface area contributed by atoms with E-state index >= 15 is 0 Å². The first-order chi connectivity index (χ1) is 10.9. The Labute approximate surface area is 138 Å². The second-order valence-electron chi connectivity index (χ2n) is 6.50. The van der Waals surface area contributed by atoms with Crippen LogP contribution in [0.5, 0.6) is 0 Å². The lowest BCUT2D eigenvalue weighted by atomic mass is 9.79. The summed E-state index contributed by atoms with van der Waals surface area (Å²) >= 11 is 1.48. The van der Waals surface area contributed by atoms with Crippen molar-refractivity contribution in [3.8, 4) is 0 Å². The number of aryl methyl sites for hydroxylation is 1. The lowest BCUT2D eigenvalue weighted by Gasteiger charge is -2.26. The first-order valence-electron chi connectivity index (χ1n) is 7.77. The number of hydrogen-bond acceptors (Lipinski definition) is 4. The fourth-order valence-corrected chi connectivity index (χ4v) is 4.90. The van der Waals surface area contributed by atoms with Gasteiger partial charge in [0.1, 0.15) is 0 Å². The molecule has 0 spiro atoms. The molecule has 4 atom stereocenters. The maximum atomic E-state index is 12.4. The summed E-state index contributed by atoms with van der Waals surface area (Å²) in [6.45, 7) is 3.79. The van der Waals surface area contributed by atoms with Gasteiger partial charge in [0.25, 0.3) is 5.91 Å². The van der Waals surface area contributed by atoms with E-state index in [9.17, 15) is 19.5 Å². The number of carboxylic acid groups (broad SMARTS) is 1. The molecule has 1 aromatic rings. The number of thiophene rings is 1. The van der Waals surface area contributed by atoms with Gasteiger partial charge in [-0.3, -0.25) is 25.2 Å². The number of hydrazine groups is 1. The molecule has 0 aromatic carbocycles. The third kappa shape index (κ3) is 2.73. The minimum atomic E-state index is -0.909. The molecule has 2 saturated carbocycles. The summed E-state index contributed by atoms with van der Waals surface area (Å²) in [6, 6.07) is 0. The fraction of sp³-hybridized carbons (Fsp3) is 0.562. The Morgan fingerprint density at radius 3 is 2.35 bits per heavy atom. The Kier molecular flexibility index (Phi) is 4.14. The molecule has 2 amide bonds. The zero-order valence-corrected chi connectivity index (χ0v) is 13.9. The number of carbonyl (C=O) groups excluding carboxylic acids is 2. The van der Waals surface area contributed by atoms with Gasteiger partial charge in [0, 0.05) is 10.3 Å². The molecule has 3 N–H and O–H groups in total. The molecule has 0 radical (unpaired) electrons. The van der Waals surface area contributed by atoms with E-state index in [0.29, 0.717) is 5.56 Å². The Morgan fingerprint density at radius 2 is 1.78 bits per heavy atom. The SMILES string of the molecule is Cc1scc(C(=O)NNC(=O)C2C3CCC(C3)C2C(=O)O)c1C. The molecule has 2 aliphatic rings. The van der Waals surface area contributed by atoms with Crippen molar-refractivity contribution in [3.63, 3.8) is 0 Å².